The molecule has 0 bridgehead atoms. The number of rotatable bonds is 9. The van der Waals surface area contributed by atoms with Gasteiger partial charge in [-0.25, -0.2) is 0 Å². The fraction of sp³-hybridized carbons (Fsp3) is 0.458. The molecule has 2 aromatic rings. The third-order valence-corrected chi connectivity index (χ3v) is 5.89. The Kier molecular flexibility index (Phi) is 8.14. The number of amides is 1. The van der Waals surface area contributed by atoms with Crippen LogP contribution in [0.1, 0.15) is 16.7 Å². The molecule has 0 saturated carbocycles. The summed E-state index contributed by atoms with van der Waals surface area (Å²) in [6, 6.07) is 12.0. The first-order valence-electron chi connectivity index (χ1n) is 10.8. The van der Waals surface area contributed by atoms with E-state index in [2.05, 4.69) is 24.4 Å². The molecule has 31 heavy (non-hydrogen) atoms. The summed E-state index contributed by atoms with van der Waals surface area (Å²) in [6.07, 6.45) is 0. The van der Waals surface area contributed by atoms with Gasteiger partial charge in [0.25, 0.3) is 5.91 Å². The zero-order valence-electron chi connectivity index (χ0n) is 19.0. The first kappa shape index (κ1) is 22.9. The van der Waals surface area contributed by atoms with Crippen LogP contribution < -0.4 is 29.3 Å². The lowest BCUT2D eigenvalue weighted by molar-refractivity contribution is -1.02. The van der Waals surface area contributed by atoms with Crippen LogP contribution in [0.2, 0.25) is 0 Å². The highest BCUT2D eigenvalue weighted by molar-refractivity contribution is 5.76. The maximum absolute atomic E-state index is 12.4. The maximum atomic E-state index is 12.4. The molecule has 0 radical (unpaired) electrons. The molecule has 0 atom stereocenters. The number of piperazine rings is 1. The van der Waals surface area contributed by atoms with Crippen molar-refractivity contribution in [2.24, 2.45) is 0 Å². The van der Waals surface area contributed by atoms with E-state index in [0.29, 0.717) is 24.6 Å². The molecular weight excluding hydrogens is 394 g/mol. The highest BCUT2D eigenvalue weighted by Gasteiger charge is 2.25. The number of aryl methyl sites for hydroxylation is 1. The van der Waals surface area contributed by atoms with Gasteiger partial charge in [-0.05, 0) is 36.8 Å². The van der Waals surface area contributed by atoms with E-state index >= 15 is 0 Å². The van der Waals surface area contributed by atoms with Crippen molar-refractivity contribution in [1.29, 1.82) is 0 Å². The summed E-state index contributed by atoms with van der Waals surface area (Å²) in [6.45, 7) is 8.15. The largest absolute Gasteiger partial charge is 0.496 e. The predicted octanol–water partition coefficient (Wildman–Crippen LogP) is -0.379. The maximum Gasteiger partial charge on any atom is 0.275 e. The van der Waals surface area contributed by atoms with Gasteiger partial charge >= 0.3 is 0 Å². The van der Waals surface area contributed by atoms with E-state index in [1.54, 1.807) is 26.2 Å². The molecule has 168 valence electrons. The van der Waals surface area contributed by atoms with Crippen molar-refractivity contribution in [3.8, 4) is 17.2 Å². The SMILES string of the molecule is COc1ccc(C)cc1C[NH+]1CC[NH+](CC(=O)NCc2ccc(OC)c(OC)c2)CC1. The molecule has 3 N–H and O–H groups in total. The summed E-state index contributed by atoms with van der Waals surface area (Å²) in [4.78, 5) is 15.3. The summed E-state index contributed by atoms with van der Waals surface area (Å²) in [5.41, 5.74) is 3.50. The van der Waals surface area contributed by atoms with E-state index in [9.17, 15) is 4.79 Å². The summed E-state index contributed by atoms with van der Waals surface area (Å²) in [5.74, 6) is 2.39. The molecule has 0 unspecified atom stereocenters. The number of hydrogen-bond acceptors (Lipinski definition) is 4. The van der Waals surface area contributed by atoms with E-state index in [4.69, 9.17) is 14.2 Å². The lowest BCUT2D eigenvalue weighted by atomic mass is 10.1. The first-order valence-corrected chi connectivity index (χ1v) is 10.8. The molecule has 7 heteroatoms. The van der Waals surface area contributed by atoms with Crippen molar-refractivity contribution in [1.82, 2.24) is 5.32 Å². The average Bonchev–Trinajstić information content (AvgIpc) is 2.79. The molecule has 3 rings (SSSR count). The first-order chi connectivity index (χ1) is 15.0. The van der Waals surface area contributed by atoms with Crippen LogP contribution in [0.5, 0.6) is 17.2 Å². The summed E-state index contributed by atoms with van der Waals surface area (Å²) >= 11 is 0. The number of benzene rings is 2. The Labute approximate surface area is 184 Å². The molecule has 1 aliphatic rings. The summed E-state index contributed by atoms with van der Waals surface area (Å²) in [5, 5.41) is 3.03. The second-order valence-electron chi connectivity index (χ2n) is 8.13. The Morgan fingerprint density at radius 3 is 2.19 bits per heavy atom. The zero-order valence-corrected chi connectivity index (χ0v) is 19.0. The highest BCUT2D eigenvalue weighted by atomic mass is 16.5. The van der Waals surface area contributed by atoms with Gasteiger partial charge in [0, 0.05) is 12.1 Å². The minimum absolute atomic E-state index is 0.0774. The Balaban J connectivity index is 1.43. The third kappa shape index (κ3) is 6.35. The van der Waals surface area contributed by atoms with Crippen molar-refractivity contribution < 1.29 is 28.8 Å². The molecule has 7 nitrogen and oxygen atoms in total. The van der Waals surface area contributed by atoms with Crippen LogP contribution in [-0.2, 0) is 17.9 Å². The molecule has 1 saturated heterocycles. The van der Waals surface area contributed by atoms with E-state index < -0.39 is 0 Å². The monoisotopic (exact) mass is 429 g/mol. The van der Waals surface area contributed by atoms with Gasteiger partial charge in [0.2, 0.25) is 0 Å². The van der Waals surface area contributed by atoms with Crippen molar-refractivity contribution >= 4 is 5.91 Å². The number of ether oxygens (including phenoxy) is 3. The number of carbonyl (C=O) groups excluding carboxylic acids is 1. The quantitative estimate of drug-likeness (QED) is 0.509. The molecular formula is C24H35N3O4+2. The average molecular weight is 430 g/mol. The van der Waals surface area contributed by atoms with Gasteiger partial charge in [-0.1, -0.05) is 17.7 Å². The zero-order chi connectivity index (χ0) is 22.2. The van der Waals surface area contributed by atoms with Crippen LogP contribution >= 0.6 is 0 Å². The van der Waals surface area contributed by atoms with Gasteiger partial charge < -0.3 is 29.3 Å². The number of methoxy groups -OCH3 is 3. The van der Waals surface area contributed by atoms with Crippen LogP contribution in [-0.4, -0.2) is 60.0 Å². The Hall–Kier alpha value is -2.77. The third-order valence-electron chi connectivity index (χ3n) is 5.89. The van der Waals surface area contributed by atoms with E-state index in [0.717, 1.165) is 44.0 Å². The van der Waals surface area contributed by atoms with Gasteiger partial charge in [0.15, 0.2) is 18.0 Å². The number of hydrogen-bond donors (Lipinski definition) is 3. The van der Waals surface area contributed by atoms with Gasteiger partial charge in [-0.15, -0.1) is 0 Å². The number of carbonyl (C=O) groups is 1. The van der Waals surface area contributed by atoms with Crippen LogP contribution in [0.15, 0.2) is 36.4 Å². The van der Waals surface area contributed by atoms with Gasteiger partial charge in [0.1, 0.15) is 38.5 Å². The lowest BCUT2D eigenvalue weighted by Gasteiger charge is -2.29. The van der Waals surface area contributed by atoms with Crippen molar-refractivity contribution in [3.63, 3.8) is 0 Å². The predicted molar refractivity (Wildman–Crippen MR) is 119 cm³/mol. The van der Waals surface area contributed by atoms with Crippen LogP contribution in [0.3, 0.4) is 0 Å². The molecule has 1 fully saturated rings. The minimum atomic E-state index is 0.0774. The fourth-order valence-corrected chi connectivity index (χ4v) is 4.11. The molecule has 0 aromatic heterocycles. The topological polar surface area (TPSA) is 65.7 Å². The second kappa shape index (κ2) is 11.0. The standard InChI is InChI=1S/C24H33N3O4/c1-18-5-7-21(29-2)20(13-18)16-26-9-11-27(12-10-26)17-24(28)25-15-19-6-8-22(30-3)23(14-19)31-4/h5-8,13-14H,9-12,15-17H2,1-4H3,(H,25,28)/p+2. The molecule has 0 spiro atoms. The van der Waals surface area contributed by atoms with E-state index in [1.807, 2.05) is 24.3 Å². The minimum Gasteiger partial charge on any atom is -0.496 e. The lowest BCUT2D eigenvalue weighted by Crippen LogP contribution is -3.28. The van der Waals surface area contributed by atoms with E-state index in [-0.39, 0.29) is 5.91 Å². The summed E-state index contributed by atoms with van der Waals surface area (Å²) in [7, 11) is 4.95. The van der Waals surface area contributed by atoms with Crippen molar-refractivity contribution in [3.05, 3.63) is 53.1 Å². The Morgan fingerprint density at radius 2 is 1.52 bits per heavy atom. The molecule has 1 amide bonds. The molecule has 1 aliphatic heterocycles. The normalized spacial score (nSPS) is 18.3. The Bertz CT molecular complexity index is 879. The van der Waals surface area contributed by atoms with Gasteiger partial charge in [-0.2, -0.15) is 0 Å². The smallest absolute Gasteiger partial charge is 0.275 e. The Morgan fingerprint density at radius 1 is 0.871 bits per heavy atom. The molecule has 2 aromatic carbocycles. The molecule has 0 aliphatic carbocycles. The summed E-state index contributed by atoms with van der Waals surface area (Å²) < 4.78 is 16.1. The van der Waals surface area contributed by atoms with Crippen LogP contribution in [0.4, 0.5) is 0 Å². The fourth-order valence-electron chi connectivity index (χ4n) is 4.11. The second-order valence-corrected chi connectivity index (χ2v) is 8.13. The van der Waals surface area contributed by atoms with Gasteiger partial charge in [0.05, 0.1) is 21.3 Å². The van der Waals surface area contributed by atoms with Crippen molar-refractivity contribution in [2.75, 3.05) is 54.1 Å². The van der Waals surface area contributed by atoms with Crippen LogP contribution in [0, 0.1) is 6.92 Å². The number of quaternary nitrogens is 2. The molecule has 1 heterocycles. The number of nitrogens with one attached hydrogen (secondary N) is 3. The van der Waals surface area contributed by atoms with Gasteiger partial charge in [-0.3, -0.25) is 4.79 Å². The van der Waals surface area contributed by atoms with Crippen molar-refractivity contribution in [2.45, 2.75) is 20.0 Å². The van der Waals surface area contributed by atoms with E-state index in [1.165, 1.54) is 16.0 Å². The van der Waals surface area contributed by atoms with Crippen LogP contribution in [0.25, 0.3) is 0 Å². The highest BCUT2D eigenvalue weighted by Crippen LogP contribution is 2.27.